The molecule has 0 aliphatic carbocycles. The zero-order valence-corrected chi connectivity index (χ0v) is 11.7. The van der Waals surface area contributed by atoms with Crippen molar-refractivity contribution < 1.29 is 4.79 Å². The minimum Gasteiger partial charge on any atom is -0.325 e. The number of hydrogen-bond donors (Lipinski definition) is 1. The Morgan fingerprint density at radius 3 is 2.78 bits per heavy atom. The molecule has 0 bridgehead atoms. The van der Waals surface area contributed by atoms with Crippen LogP contribution in [0.25, 0.3) is 0 Å². The van der Waals surface area contributed by atoms with Crippen molar-refractivity contribution in [2.45, 2.75) is 19.8 Å². The molecule has 1 unspecified atom stereocenters. The Hall–Kier alpha value is -1.32. The number of rotatable bonds is 1. The molecular formula is C14H12ClNOS. The minimum absolute atomic E-state index is 0.0391. The van der Waals surface area contributed by atoms with E-state index in [-0.39, 0.29) is 11.8 Å². The van der Waals surface area contributed by atoms with E-state index in [1.54, 1.807) is 17.4 Å². The van der Waals surface area contributed by atoms with Gasteiger partial charge in [0.25, 0.3) is 0 Å². The summed E-state index contributed by atoms with van der Waals surface area (Å²) in [6.07, 6.45) is 0. The van der Waals surface area contributed by atoms with E-state index in [9.17, 15) is 4.79 Å². The second kappa shape index (κ2) is 4.11. The Kier molecular flexibility index (Phi) is 2.68. The van der Waals surface area contributed by atoms with Crippen LogP contribution in [0.3, 0.4) is 0 Å². The van der Waals surface area contributed by atoms with Gasteiger partial charge in [-0.05, 0) is 54.1 Å². The number of aryl methyl sites for hydroxylation is 1. The van der Waals surface area contributed by atoms with Crippen molar-refractivity contribution in [3.8, 4) is 0 Å². The predicted molar refractivity (Wildman–Crippen MR) is 75.7 cm³/mol. The smallest absolute Gasteiger partial charge is 0.237 e. The summed E-state index contributed by atoms with van der Waals surface area (Å²) >= 11 is 7.68. The first-order valence-electron chi connectivity index (χ1n) is 5.73. The van der Waals surface area contributed by atoms with Crippen molar-refractivity contribution in [3.63, 3.8) is 0 Å². The molecule has 1 aliphatic heterocycles. The van der Waals surface area contributed by atoms with Gasteiger partial charge in [0.2, 0.25) is 5.91 Å². The quantitative estimate of drug-likeness (QED) is 0.835. The van der Waals surface area contributed by atoms with Crippen molar-refractivity contribution in [1.29, 1.82) is 0 Å². The fraction of sp³-hybridized carbons (Fsp3) is 0.214. The van der Waals surface area contributed by atoms with Gasteiger partial charge in [-0.15, -0.1) is 11.3 Å². The SMILES string of the molecule is Cc1csc(C2C(=O)Nc3ccc(Cl)cc32)c1C. The molecule has 0 spiro atoms. The molecule has 1 N–H and O–H groups in total. The van der Waals surface area contributed by atoms with Crippen LogP contribution in [0.5, 0.6) is 0 Å². The zero-order valence-electron chi connectivity index (χ0n) is 10.1. The number of thiophene rings is 1. The molecule has 0 radical (unpaired) electrons. The molecule has 0 fully saturated rings. The van der Waals surface area contributed by atoms with Gasteiger partial charge in [-0.2, -0.15) is 0 Å². The minimum atomic E-state index is -0.211. The lowest BCUT2D eigenvalue weighted by atomic mass is 9.96. The lowest BCUT2D eigenvalue weighted by Gasteiger charge is -2.08. The highest BCUT2D eigenvalue weighted by molar-refractivity contribution is 7.10. The summed E-state index contributed by atoms with van der Waals surface area (Å²) in [5, 5.41) is 5.68. The van der Waals surface area contributed by atoms with Crippen LogP contribution < -0.4 is 5.32 Å². The van der Waals surface area contributed by atoms with Gasteiger partial charge < -0.3 is 5.32 Å². The Labute approximate surface area is 115 Å². The van der Waals surface area contributed by atoms with E-state index in [0.29, 0.717) is 5.02 Å². The number of fused-ring (bicyclic) bond motifs is 1. The highest BCUT2D eigenvalue weighted by Gasteiger charge is 2.34. The summed E-state index contributed by atoms with van der Waals surface area (Å²) in [5.74, 6) is -0.172. The molecule has 0 saturated heterocycles. The van der Waals surface area contributed by atoms with Crippen molar-refractivity contribution in [1.82, 2.24) is 0 Å². The predicted octanol–water partition coefficient (Wildman–Crippen LogP) is 4.10. The molecule has 2 heterocycles. The van der Waals surface area contributed by atoms with Crippen molar-refractivity contribution >= 4 is 34.5 Å². The number of carbonyl (C=O) groups excluding carboxylic acids is 1. The van der Waals surface area contributed by atoms with Crippen LogP contribution in [-0.2, 0) is 4.79 Å². The van der Waals surface area contributed by atoms with Crippen molar-refractivity contribution in [3.05, 3.63) is 50.2 Å². The van der Waals surface area contributed by atoms with E-state index in [2.05, 4.69) is 24.5 Å². The highest BCUT2D eigenvalue weighted by atomic mass is 35.5. The highest BCUT2D eigenvalue weighted by Crippen LogP contribution is 2.42. The van der Waals surface area contributed by atoms with E-state index < -0.39 is 0 Å². The van der Waals surface area contributed by atoms with Crippen LogP contribution in [0, 0.1) is 13.8 Å². The van der Waals surface area contributed by atoms with Crippen LogP contribution in [0.2, 0.25) is 5.02 Å². The number of hydrogen-bond acceptors (Lipinski definition) is 2. The summed E-state index contributed by atoms with van der Waals surface area (Å²) < 4.78 is 0. The zero-order chi connectivity index (χ0) is 12.9. The monoisotopic (exact) mass is 277 g/mol. The molecule has 0 saturated carbocycles. The molecule has 1 aromatic heterocycles. The van der Waals surface area contributed by atoms with Crippen LogP contribution in [0.4, 0.5) is 5.69 Å². The van der Waals surface area contributed by atoms with Gasteiger partial charge in [-0.1, -0.05) is 11.6 Å². The largest absolute Gasteiger partial charge is 0.325 e. The van der Waals surface area contributed by atoms with Crippen LogP contribution in [-0.4, -0.2) is 5.91 Å². The van der Waals surface area contributed by atoms with Gasteiger partial charge in [-0.25, -0.2) is 0 Å². The van der Waals surface area contributed by atoms with Crippen molar-refractivity contribution in [2.75, 3.05) is 5.32 Å². The van der Waals surface area contributed by atoms with Gasteiger partial charge in [0, 0.05) is 15.6 Å². The van der Waals surface area contributed by atoms with Gasteiger partial charge in [0.05, 0.1) is 5.92 Å². The fourth-order valence-corrected chi connectivity index (χ4v) is 3.67. The van der Waals surface area contributed by atoms with E-state index in [1.807, 2.05) is 12.1 Å². The number of anilines is 1. The number of halogens is 1. The van der Waals surface area contributed by atoms with Crippen LogP contribution in [0.1, 0.15) is 27.5 Å². The number of nitrogens with one attached hydrogen (secondary N) is 1. The second-order valence-electron chi connectivity index (χ2n) is 4.56. The molecule has 1 atom stereocenters. The van der Waals surface area contributed by atoms with Crippen LogP contribution in [0.15, 0.2) is 23.6 Å². The van der Waals surface area contributed by atoms with Gasteiger partial charge in [-0.3, -0.25) is 4.79 Å². The van der Waals surface area contributed by atoms with E-state index in [4.69, 9.17) is 11.6 Å². The Morgan fingerprint density at radius 2 is 2.11 bits per heavy atom. The summed E-state index contributed by atoms with van der Waals surface area (Å²) in [6, 6.07) is 5.55. The topological polar surface area (TPSA) is 29.1 Å². The first-order chi connectivity index (χ1) is 8.58. The Balaban J connectivity index is 2.17. The second-order valence-corrected chi connectivity index (χ2v) is 5.91. The average molecular weight is 278 g/mol. The first kappa shape index (κ1) is 11.8. The maximum Gasteiger partial charge on any atom is 0.237 e. The molecule has 92 valence electrons. The standard InChI is InChI=1S/C14H12ClNOS/c1-7-6-18-13(8(7)2)12-10-5-9(15)3-4-11(10)16-14(12)17/h3-6,12H,1-2H3,(H,16,17). The average Bonchev–Trinajstić information content (AvgIpc) is 2.81. The Morgan fingerprint density at radius 1 is 1.33 bits per heavy atom. The lowest BCUT2D eigenvalue weighted by molar-refractivity contribution is -0.116. The summed E-state index contributed by atoms with van der Waals surface area (Å²) in [6.45, 7) is 4.14. The summed E-state index contributed by atoms with van der Waals surface area (Å²) in [4.78, 5) is 13.3. The summed E-state index contributed by atoms with van der Waals surface area (Å²) in [7, 11) is 0. The summed E-state index contributed by atoms with van der Waals surface area (Å²) in [5.41, 5.74) is 4.29. The van der Waals surface area contributed by atoms with E-state index in [1.165, 1.54) is 11.1 Å². The fourth-order valence-electron chi connectivity index (χ4n) is 2.30. The molecule has 1 amide bonds. The van der Waals surface area contributed by atoms with Crippen molar-refractivity contribution in [2.24, 2.45) is 0 Å². The molecule has 18 heavy (non-hydrogen) atoms. The third-order valence-electron chi connectivity index (χ3n) is 3.43. The van der Waals surface area contributed by atoms with E-state index in [0.717, 1.165) is 16.1 Å². The molecule has 1 aliphatic rings. The van der Waals surface area contributed by atoms with Gasteiger partial charge in [0.15, 0.2) is 0 Å². The third kappa shape index (κ3) is 1.66. The maximum atomic E-state index is 12.2. The maximum absolute atomic E-state index is 12.2. The van der Waals surface area contributed by atoms with Crippen LogP contribution >= 0.6 is 22.9 Å². The normalized spacial score (nSPS) is 17.7. The Bertz CT molecular complexity index is 647. The molecule has 4 heteroatoms. The van der Waals surface area contributed by atoms with E-state index >= 15 is 0 Å². The molecular weight excluding hydrogens is 266 g/mol. The van der Waals surface area contributed by atoms with Gasteiger partial charge >= 0.3 is 0 Å². The molecule has 1 aromatic carbocycles. The lowest BCUT2D eigenvalue weighted by Crippen LogP contribution is -2.12. The first-order valence-corrected chi connectivity index (χ1v) is 6.98. The third-order valence-corrected chi connectivity index (χ3v) is 4.93. The molecule has 2 nitrogen and oxygen atoms in total. The number of amides is 1. The van der Waals surface area contributed by atoms with Gasteiger partial charge in [0.1, 0.15) is 0 Å². The molecule has 2 aromatic rings. The number of benzene rings is 1. The molecule has 3 rings (SSSR count). The number of carbonyl (C=O) groups is 1.